The van der Waals surface area contributed by atoms with Crippen molar-refractivity contribution in [1.82, 2.24) is 14.7 Å². The standard InChI is InChI=1S/C25H37N3O2/c1-2-26-11-9-22-17-23(27-13-15-30-16-14-27)7-10-25(22,19-26)24(29)28-12-8-20-5-3-4-6-21(20)18-28/h3-6,22-23H,2,7-19H2,1H3/t22-,23+,25-/m1/s1. The zero-order chi connectivity index (χ0) is 20.6. The molecule has 3 fully saturated rings. The van der Waals surface area contributed by atoms with Crippen molar-refractivity contribution in [2.24, 2.45) is 11.3 Å². The number of hydrogen-bond acceptors (Lipinski definition) is 4. The maximum Gasteiger partial charge on any atom is 0.230 e. The first-order valence-corrected chi connectivity index (χ1v) is 12.1. The highest BCUT2D eigenvalue weighted by Gasteiger charge is 2.53. The minimum Gasteiger partial charge on any atom is -0.379 e. The van der Waals surface area contributed by atoms with Crippen LogP contribution in [0.3, 0.4) is 0 Å². The van der Waals surface area contributed by atoms with Gasteiger partial charge in [0.05, 0.1) is 18.6 Å². The van der Waals surface area contributed by atoms with Crippen molar-refractivity contribution in [3.05, 3.63) is 35.4 Å². The van der Waals surface area contributed by atoms with Gasteiger partial charge < -0.3 is 14.5 Å². The largest absolute Gasteiger partial charge is 0.379 e. The van der Waals surface area contributed by atoms with Gasteiger partial charge in [-0.1, -0.05) is 31.2 Å². The summed E-state index contributed by atoms with van der Waals surface area (Å²) in [6.07, 6.45) is 5.56. The van der Waals surface area contributed by atoms with Gasteiger partial charge in [0.25, 0.3) is 0 Å². The van der Waals surface area contributed by atoms with Gasteiger partial charge in [0.1, 0.15) is 0 Å². The first kappa shape index (κ1) is 20.5. The summed E-state index contributed by atoms with van der Waals surface area (Å²) in [6, 6.07) is 9.30. The van der Waals surface area contributed by atoms with Crippen LogP contribution in [0.2, 0.25) is 0 Å². The number of carbonyl (C=O) groups excluding carboxylic acids is 1. The molecule has 4 aliphatic rings. The van der Waals surface area contributed by atoms with Gasteiger partial charge in [-0.05, 0) is 62.2 Å². The third-order valence-corrected chi connectivity index (χ3v) is 8.41. The lowest BCUT2D eigenvalue weighted by molar-refractivity contribution is -0.157. The second-order valence-corrected chi connectivity index (χ2v) is 9.83. The number of hydrogen-bond donors (Lipinski definition) is 0. The van der Waals surface area contributed by atoms with Crippen molar-refractivity contribution < 1.29 is 9.53 Å². The van der Waals surface area contributed by atoms with E-state index in [1.54, 1.807) is 0 Å². The fourth-order valence-electron chi connectivity index (χ4n) is 6.60. The number of benzene rings is 1. The summed E-state index contributed by atoms with van der Waals surface area (Å²) in [4.78, 5) is 21.5. The molecule has 1 aromatic carbocycles. The molecule has 1 aromatic rings. The van der Waals surface area contributed by atoms with Crippen LogP contribution in [0, 0.1) is 11.3 Å². The van der Waals surface area contributed by atoms with Crippen molar-refractivity contribution in [3.8, 4) is 0 Å². The summed E-state index contributed by atoms with van der Waals surface area (Å²) in [6.45, 7) is 10.9. The van der Waals surface area contributed by atoms with Gasteiger partial charge in [0.2, 0.25) is 5.91 Å². The molecular weight excluding hydrogens is 374 g/mol. The van der Waals surface area contributed by atoms with E-state index < -0.39 is 0 Å². The lowest BCUT2D eigenvalue weighted by Crippen LogP contribution is -2.61. The summed E-state index contributed by atoms with van der Waals surface area (Å²) in [7, 11) is 0. The molecule has 0 unspecified atom stereocenters. The molecule has 0 aromatic heterocycles. The first-order chi connectivity index (χ1) is 14.7. The minimum atomic E-state index is -0.177. The molecule has 3 aliphatic heterocycles. The normalized spacial score (nSPS) is 33.0. The Bertz CT molecular complexity index is 763. The summed E-state index contributed by atoms with van der Waals surface area (Å²) in [5.41, 5.74) is 2.59. The van der Waals surface area contributed by atoms with Crippen LogP contribution in [0.25, 0.3) is 0 Å². The fourth-order valence-corrected chi connectivity index (χ4v) is 6.60. The highest BCUT2D eigenvalue weighted by molar-refractivity contribution is 5.84. The third kappa shape index (κ3) is 3.69. The van der Waals surface area contributed by atoms with Gasteiger partial charge in [0.15, 0.2) is 0 Å². The summed E-state index contributed by atoms with van der Waals surface area (Å²) in [5, 5.41) is 0. The number of morpholine rings is 1. The van der Waals surface area contributed by atoms with Crippen molar-refractivity contribution in [2.75, 3.05) is 52.5 Å². The van der Waals surface area contributed by atoms with Crippen molar-refractivity contribution >= 4 is 5.91 Å². The van der Waals surface area contributed by atoms with Crippen LogP contribution in [0.1, 0.15) is 43.7 Å². The van der Waals surface area contributed by atoms with Crippen LogP contribution in [0.5, 0.6) is 0 Å². The predicted molar refractivity (Wildman–Crippen MR) is 118 cm³/mol. The number of rotatable bonds is 3. The molecule has 1 saturated carbocycles. The summed E-state index contributed by atoms with van der Waals surface area (Å²) in [5.74, 6) is 0.965. The highest BCUT2D eigenvalue weighted by atomic mass is 16.5. The Hall–Kier alpha value is -1.43. The number of piperidine rings is 1. The zero-order valence-corrected chi connectivity index (χ0v) is 18.5. The Kier molecular flexibility index (Phi) is 5.87. The van der Waals surface area contributed by atoms with Crippen molar-refractivity contribution in [2.45, 2.75) is 51.6 Å². The van der Waals surface area contributed by atoms with E-state index in [1.165, 1.54) is 24.0 Å². The molecule has 3 heterocycles. The summed E-state index contributed by atoms with van der Waals surface area (Å²) >= 11 is 0. The molecule has 0 spiro atoms. The van der Waals surface area contributed by atoms with Gasteiger partial charge in [-0.15, -0.1) is 0 Å². The first-order valence-electron chi connectivity index (χ1n) is 12.1. The molecule has 1 amide bonds. The van der Waals surface area contributed by atoms with Crippen LogP contribution in [0.4, 0.5) is 0 Å². The van der Waals surface area contributed by atoms with Gasteiger partial charge >= 0.3 is 0 Å². The molecular formula is C25H37N3O2. The Morgan fingerprint density at radius 3 is 2.70 bits per heavy atom. The monoisotopic (exact) mass is 411 g/mol. The molecule has 0 bridgehead atoms. The number of ether oxygens (including phenoxy) is 1. The van der Waals surface area contributed by atoms with E-state index in [0.717, 1.165) is 78.3 Å². The molecule has 164 valence electrons. The Morgan fingerprint density at radius 1 is 1.10 bits per heavy atom. The molecule has 5 heteroatoms. The molecule has 30 heavy (non-hydrogen) atoms. The number of carbonyl (C=O) groups is 1. The number of amides is 1. The molecule has 5 rings (SSSR count). The highest BCUT2D eigenvalue weighted by Crippen LogP contribution is 2.49. The zero-order valence-electron chi connectivity index (χ0n) is 18.5. The van der Waals surface area contributed by atoms with Crippen molar-refractivity contribution in [1.29, 1.82) is 0 Å². The Labute approximate surface area is 181 Å². The van der Waals surface area contributed by atoms with Gasteiger partial charge in [-0.25, -0.2) is 0 Å². The van der Waals surface area contributed by atoms with E-state index in [4.69, 9.17) is 4.74 Å². The number of fused-ring (bicyclic) bond motifs is 2. The Balaban J connectivity index is 1.36. The SMILES string of the molecule is CCN1CC[C@@H]2C[C@@H](N3CCOCC3)CC[C@@]2(C(=O)N2CCc3ccccc3C2)C1. The van der Waals surface area contributed by atoms with Gasteiger partial charge in [0, 0.05) is 38.8 Å². The third-order valence-electron chi connectivity index (χ3n) is 8.41. The van der Waals surface area contributed by atoms with E-state index >= 15 is 0 Å². The lowest BCUT2D eigenvalue weighted by atomic mass is 9.60. The second-order valence-electron chi connectivity index (χ2n) is 9.83. The average molecular weight is 412 g/mol. The smallest absolute Gasteiger partial charge is 0.230 e. The fraction of sp³-hybridized carbons (Fsp3) is 0.720. The maximum absolute atomic E-state index is 14.1. The van der Waals surface area contributed by atoms with Crippen LogP contribution in [0.15, 0.2) is 24.3 Å². The van der Waals surface area contributed by atoms with Gasteiger partial charge in [-0.3, -0.25) is 9.69 Å². The molecule has 2 saturated heterocycles. The maximum atomic E-state index is 14.1. The molecule has 5 nitrogen and oxygen atoms in total. The number of likely N-dealkylation sites (tertiary alicyclic amines) is 1. The molecule has 3 atom stereocenters. The molecule has 1 aliphatic carbocycles. The quantitative estimate of drug-likeness (QED) is 0.766. The predicted octanol–water partition coefficient (Wildman–Crippen LogP) is 2.78. The van der Waals surface area contributed by atoms with Crippen LogP contribution in [-0.4, -0.2) is 79.1 Å². The van der Waals surface area contributed by atoms with Gasteiger partial charge in [-0.2, -0.15) is 0 Å². The average Bonchev–Trinajstić information content (AvgIpc) is 2.83. The van der Waals surface area contributed by atoms with E-state index in [9.17, 15) is 4.79 Å². The van der Waals surface area contributed by atoms with Crippen molar-refractivity contribution in [3.63, 3.8) is 0 Å². The van der Waals surface area contributed by atoms with E-state index in [1.807, 2.05) is 0 Å². The summed E-state index contributed by atoms with van der Waals surface area (Å²) < 4.78 is 5.58. The Morgan fingerprint density at radius 2 is 1.90 bits per heavy atom. The van der Waals surface area contributed by atoms with Crippen LogP contribution < -0.4 is 0 Å². The lowest BCUT2D eigenvalue weighted by Gasteiger charge is -2.54. The van der Waals surface area contributed by atoms with E-state index in [-0.39, 0.29) is 5.41 Å². The minimum absolute atomic E-state index is 0.177. The van der Waals surface area contributed by atoms with Crippen LogP contribution in [-0.2, 0) is 22.5 Å². The molecule has 0 radical (unpaired) electrons. The van der Waals surface area contributed by atoms with Crippen LogP contribution >= 0.6 is 0 Å². The number of nitrogens with zero attached hydrogens (tertiary/aromatic N) is 3. The van der Waals surface area contributed by atoms with E-state index in [0.29, 0.717) is 17.9 Å². The van der Waals surface area contributed by atoms with E-state index in [2.05, 4.69) is 45.9 Å². The molecule has 0 N–H and O–H groups in total. The topological polar surface area (TPSA) is 36.0 Å². The second kappa shape index (κ2) is 8.60.